The molecule has 0 radical (unpaired) electrons. The van der Waals surface area contributed by atoms with Crippen LogP contribution >= 0.6 is 0 Å². The second-order valence-electron chi connectivity index (χ2n) is 6.20. The van der Waals surface area contributed by atoms with E-state index in [-0.39, 0.29) is 0 Å². The van der Waals surface area contributed by atoms with Crippen molar-refractivity contribution in [2.24, 2.45) is 0 Å². The van der Waals surface area contributed by atoms with Crippen molar-refractivity contribution < 1.29 is 4.52 Å². The van der Waals surface area contributed by atoms with E-state index < -0.39 is 0 Å². The molecule has 0 saturated carbocycles. The molecule has 0 amide bonds. The minimum absolute atomic E-state index is 0.432. The summed E-state index contributed by atoms with van der Waals surface area (Å²) in [5, 5.41) is 7.58. The van der Waals surface area contributed by atoms with E-state index in [9.17, 15) is 0 Å². The highest BCUT2D eigenvalue weighted by Gasteiger charge is 2.43. The van der Waals surface area contributed by atoms with Gasteiger partial charge in [0.1, 0.15) is 5.76 Å². The summed E-state index contributed by atoms with van der Waals surface area (Å²) in [4.78, 5) is 2.72. The van der Waals surface area contributed by atoms with Crippen molar-refractivity contribution in [3.8, 4) is 0 Å². The number of piperidine rings is 1. The van der Waals surface area contributed by atoms with Gasteiger partial charge in [0.15, 0.2) is 0 Å². The third-order valence-corrected chi connectivity index (χ3v) is 5.15. The van der Waals surface area contributed by atoms with Crippen molar-refractivity contribution in [1.29, 1.82) is 0 Å². The highest BCUT2D eigenvalue weighted by molar-refractivity contribution is 5.25. The van der Waals surface area contributed by atoms with Crippen LogP contribution in [0, 0.1) is 13.8 Å². The fraction of sp³-hybridized carbons (Fsp3) is 0.800. The van der Waals surface area contributed by atoms with Crippen molar-refractivity contribution in [1.82, 2.24) is 15.4 Å². The van der Waals surface area contributed by atoms with E-state index in [4.69, 9.17) is 4.52 Å². The molecule has 2 bridgehead atoms. The predicted molar refractivity (Wildman–Crippen MR) is 75.1 cm³/mol. The third-order valence-electron chi connectivity index (χ3n) is 5.15. The molecular formula is C15H25N3O. The standard InChI is InChI=1S/C15H25N3O/c1-9-15(11(3)19-17-9)10(2)18-13-5-6-14(18)8-12(7-13)16-4/h10,12-14,16H,5-8H2,1-4H3. The quantitative estimate of drug-likeness (QED) is 0.910. The number of hydrogen-bond acceptors (Lipinski definition) is 4. The van der Waals surface area contributed by atoms with E-state index in [2.05, 4.69) is 36.3 Å². The monoisotopic (exact) mass is 263 g/mol. The summed E-state index contributed by atoms with van der Waals surface area (Å²) in [6.07, 6.45) is 5.24. The normalized spacial score (nSPS) is 32.7. The van der Waals surface area contributed by atoms with E-state index in [0.717, 1.165) is 23.5 Å². The summed E-state index contributed by atoms with van der Waals surface area (Å²) in [6, 6.07) is 2.58. The second kappa shape index (κ2) is 4.91. The Morgan fingerprint density at radius 2 is 1.89 bits per heavy atom. The lowest BCUT2D eigenvalue weighted by Crippen LogP contribution is -2.49. The fourth-order valence-corrected chi connectivity index (χ4v) is 4.32. The number of aryl methyl sites for hydroxylation is 2. The van der Waals surface area contributed by atoms with Gasteiger partial charge >= 0.3 is 0 Å². The van der Waals surface area contributed by atoms with Crippen LogP contribution in [0.4, 0.5) is 0 Å². The first-order chi connectivity index (χ1) is 9.11. The smallest absolute Gasteiger partial charge is 0.138 e. The zero-order chi connectivity index (χ0) is 13.6. The molecule has 0 aromatic carbocycles. The molecule has 1 aromatic heterocycles. The maximum absolute atomic E-state index is 5.35. The van der Waals surface area contributed by atoms with E-state index in [1.54, 1.807) is 0 Å². The number of hydrogen-bond donors (Lipinski definition) is 1. The minimum atomic E-state index is 0.432. The molecule has 2 saturated heterocycles. The van der Waals surface area contributed by atoms with Gasteiger partial charge in [-0.05, 0) is 53.5 Å². The lowest BCUT2D eigenvalue weighted by atomic mass is 9.93. The summed E-state index contributed by atoms with van der Waals surface area (Å²) >= 11 is 0. The van der Waals surface area contributed by atoms with E-state index in [0.29, 0.717) is 12.1 Å². The van der Waals surface area contributed by atoms with Gasteiger partial charge in [0.2, 0.25) is 0 Å². The number of nitrogens with zero attached hydrogens (tertiary/aromatic N) is 2. The Morgan fingerprint density at radius 1 is 1.26 bits per heavy atom. The van der Waals surface area contributed by atoms with Crippen LogP contribution in [0.1, 0.15) is 55.7 Å². The summed E-state index contributed by atoms with van der Waals surface area (Å²) in [5.74, 6) is 0.986. The molecule has 4 nitrogen and oxygen atoms in total. The lowest BCUT2D eigenvalue weighted by Gasteiger charge is -2.42. The van der Waals surface area contributed by atoms with Crippen LogP contribution in [0.5, 0.6) is 0 Å². The van der Waals surface area contributed by atoms with Crippen LogP contribution < -0.4 is 5.32 Å². The summed E-state index contributed by atoms with van der Waals surface area (Å²) in [6.45, 7) is 6.41. The van der Waals surface area contributed by atoms with Gasteiger partial charge in [0.05, 0.1) is 5.69 Å². The number of rotatable bonds is 3. The number of fused-ring (bicyclic) bond motifs is 2. The molecule has 2 aliphatic rings. The summed E-state index contributed by atoms with van der Waals surface area (Å²) in [5.41, 5.74) is 2.36. The zero-order valence-corrected chi connectivity index (χ0v) is 12.4. The Bertz CT molecular complexity index is 423. The largest absolute Gasteiger partial charge is 0.361 e. The topological polar surface area (TPSA) is 41.3 Å². The van der Waals surface area contributed by atoms with Crippen molar-refractivity contribution in [2.45, 2.75) is 70.6 Å². The average Bonchev–Trinajstić information content (AvgIpc) is 2.86. The molecule has 3 heterocycles. The van der Waals surface area contributed by atoms with Crippen LogP contribution in [0.15, 0.2) is 4.52 Å². The molecule has 3 atom stereocenters. The molecule has 106 valence electrons. The summed E-state index contributed by atoms with van der Waals surface area (Å²) < 4.78 is 5.35. The van der Waals surface area contributed by atoms with Gasteiger partial charge in [-0.3, -0.25) is 4.90 Å². The van der Waals surface area contributed by atoms with Crippen molar-refractivity contribution in [3.63, 3.8) is 0 Å². The van der Waals surface area contributed by atoms with Crippen LogP contribution in [-0.4, -0.2) is 35.2 Å². The predicted octanol–water partition coefficient (Wildman–Crippen LogP) is 2.57. The van der Waals surface area contributed by atoms with Crippen molar-refractivity contribution in [3.05, 3.63) is 17.0 Å². The molecule has 3 rings (SSSR count). The maximum Gasteiger partial charge on any atom is 0.138 e. The van der Waals surface area contributed by atoms with Gasteiger partial charge in [0.25, 0.3) is 0 Å². The molecule has 2 fully saturated rings. The second-order valence-corrected chi connectivity index (χ2v) is 6.20. The highest BCUT2D eigenvalue weighted by Crippen LogP contribution is 2.42. The number of aromatic nitrogens is 1. The maximum atomic E-state index is 5.35. The van der Waals surface area contributed by atoms with E-state index >= 15 is 0 Å². The van der Waals surface area contributed by atoms with Gasteiger partial charge in [-0.2, -0.15) is 0 Å². The molecule has 19 heavy (non-hydrogen) atoms. The SMILES string of the molecule is CNC1CC2CCC(C1)N2C(C)c1c(C)noc1C. The molecule has 0 aliphatic carbocycles. The van der Waals surface area contributed by atoms with Crippen molar-refractivity contribution in [2.75, 3.05) is 7.05 Å². The van der Waals surface area contributed by atoms with Crippen molar-refractivity contribution >= 4 is 0 Å². The lowest BCUT2D eigenvalue weighted by molar-refractivity contribution is 0.0780. The van der Waals surface area contributed by atoms with Gasteiger partial charge in [-0.15, -0.1) is 0 Å². The highest BCUT2D eigenvalue weighted by atomic mass is 16.5. The van der Waals surface area contributed by atoms with Gasteiger partial charge in [-0.1, -0.05) is 5.16 Å². The molecule has 4 heteroatoms. The van der Waals surface area contributed by atoms with Crippen LogP contribution in [0.25, 0.3) is 0 Å². The first-order valence-electron chi connectivity index (χ1n) is 7.49. The van der Waals surface area contributed by atoms with E-state index in [1.165, 1.54) is 31.2 Å². The Labute approximate surface area is 115 Å². The molecule has 0 spiro atoms. The Morgan fingerprint density at radius 3 is 2.37 bits per heavy atom. The fourth-order valence-electron chi connectivity index (χ4n) is 4.32. The molecular weight excluding hydrogens is 238 g/mol. The molecule has 3 unspecified atom stereocenters. The summed E-state index contributed by atoms with van der Waals surface area (Å²) in [7, 11) is 2.09. The third kappa shape index (κ3) is 2.11. The Kier molecular flexibility index (Phi) is 3.39. The first kappa shape index (κ1) is 13.1. The molecule has 1 aromatic rings. The van der Waals surface area contributed by atoms with Crippen LogP contribution in [0.2, 0.25) is 0 Å². The molecule has 2 aliphatic heterocycles. The van der Waals surface area contributed by atoms with Gasteiger partial charge in [0, 0.05) is 29.7 Å². The first-order valence-corrected chi connectivity index (χ1v) is 7.49. The van der Waals surface area contributed by atoms with Gasteiger partial charge in [-0.25, -0.2) is 0 Å². The minimum Gasteiger partial charge on any atom is -0.361 e. The van der Waals surface area contributed by atoms with Crippen LogP contribution in [-0.2, 0) is 0 Å². The Balaban J connectivity index is 1.84. The van der Waals surface area contributed by atoms with Gasteiger partial charge < -0.3 is 9.84 Å². The number of nitrogens with one attached hydrogen (secondary N) is 1. The average molecular weight is 263 g/mol. The van der Waals surface area contributed by atoms with E-state index in [1.807, 2.05) is 6.92 Å². The van der Waals surface area contributed by atoms with Crippen LogP contribution in [0.3, 0.4) is 0 Å². The zero-order valence-electron chi connectivity index (χ0n) is 12.4. The Hall–Kier alpha value is -0.870. The molecule has 1 N–H and O–H groups in total.